The highest BCUT2D eigenvalue weighted by Crippen LogP contribution is 2.22. The molecule has 1 unspecified atom stereocenters. The van der Waals surface area contributed by atoms with Crippen molar-refractivity contribution in [1.82, 2.24) is 0 Å². The number of rotatable bonds is 5. The first-order valence-corrected chi connectivity index (χ1v) is 7.09. The Morgan fingerprint density at radius 1 is 1.33 bits per heavy atom. The SMILES string of the molecule is Cc1cc(C)c(NC(=O)CSC(C)CO)c(C)c1. The highest BCUT2D eigenvalue weighted by atomic mass is 32.2. The topological polar surface area (TPSA) is 49.3 Å². The van der Waals surface area contributed by atoms with Gasteiger partial charge in [0.2, 0.25) is 5.91 Å². The maximum Gasteiger partial charge on any atom is 0.234 e. The molecule has 2 N–H and O–H groups in total. The first kappa shape index (κ1) is 15.1. The van der Waals surface area contributed by atoms with Crippen LogP contribution in [0, 0.1) is 20.8 Å². The van der Waals surface area contributed by atoms with E-state index in [0.29, 0.717) is 5.75 Å². The van der Waals surface area contributed by atoms with Gasteiger partial charge in [0.15, 0.2) is 0 Å². The lowest BCUT2D eigenvalue weighted by atomic mass is 10.1. The van der Waals surface area contributed by atoms with Gasteiger partial charge in [0.05, 0.1) is 12.4 Å². The quantitative estimate of drug-likeness (QED) is 0.862. The molecule has 1 aromatic carbocycles. The zero-order valence-corrected chi connectivity index (χ0v) is 12.2. The lowest BCUT2D eigenvalue weighted by Crippen LogP contribution is -2.18. The van der Waals surface area contributed by atoms with Crippen molar-refractivity contribution >= 4 is 23.4 Å². The minimum atomic E-state index is -0.0182. The van der Waals surface area contributed by atoms with Crippen molar-refractivity contribution in [3.8, 4) is 0 Å². The number of aliphatic hydroxyl groups is 1. The Morgan fingerprint density at radius 2 is 1.89 bits per heavy atom. The summed E-state index contributed by atoms with van der Waals surface area (Å²) in [6.07, 6.45) is 0. The van der Waals surface area contributed by atoms with Gasteiger partial charge < -0.3 is 10.4 Å². The number of hydrogen-bond donors (Lipinski definition) is 2. The van der Waals surface area contributed by atoms with Crippen LogP contribution in [0.25, 0.3) is 0 Å². The number of thioether (sulfide) groups is 1. The van der Waals surface area contributed by atoms with Gasteiger partial charge in [-0.1, -0.05) is 24.6 Å². The number of nitrogens with one attached hydrogen (secondary N) is 1. The maximum absolute atomic E-state index is 11.8. The number of aliphatic hydroxyl groups excluding tert-OH is 1. The van der Waals surface area contributed by atoms with Crippen LogP contribution in [0.3, 0.4) is 0 Å². The van der Waals surface area contributed by atoms with Gasteiger partial charge in [-0.2, -0.15) is 0 Å². The highest BCUT2D eigenvalue weighted by molar-refractivity contribution is 8.00. The molecule has 1 rings (SSSR count). The van der Waals surface area contributed by atoms with E-state index in [1.54, 1.807) is 0 Å². The van der Waals surface area contributed by atoms with Crippen LogP contribution in [0.2, 0.25) is 0 Å². The number of anilines is 1. The second-order valence-corrected chi connectivity index (χ2v) is 6.05. The van der Waals surface area contributed by atoms with Crippen molar-refractivity contribution in [3.63, 3.8) is 0 Å². The van der Waals surface area contributed by atoms with E-state index >= 15 is 0 Å². The van der Waals surface area contributed by atoms with E-state index in [1.807, 2.05) is 27.7 Å². The molecule has 1 aromatic rings. The molecule has 0 fully saturated rings. The second kappa shape index (κ2) is 6.81. The van der Waals surface area contributed by atoms with E-state index < -0.39 is 0 Å². The van der Waals surface area contributed by atoms with Crippen LogP contribution in [0.5, 0.6) is 0 Å². The Bertz CT molecular complexity index is 409. The fourth-order valence-electron chi connectivity index (χ4n) is 1.82. The van der Waals surface area contributed by atoms with Gasteiger partial charge in [-0.3, -0.25) is 4.79 Å². The first-order chi connectivity index (χ1) is 8.43. The van der Waals surface area contributed by atoms with E-state index in [9.17, 15) is 4.79 Å². The monoisotopic (exact) mass is 267 g/mol. The summed E-state index contributed by atoms with van der Waals surface area (Å²) in [5.74, 6) is 0.351. The average Bonchev–Trinajstić information content (AvgIpc) is 2.30. The Morgan fingerprint density at radius 3 is 2.39 bits per heavy atom. The molecule has 0 saturated heterocycles. The number of amides is 1. The van der Waals surface area contributed by atoms with Crippen LogP contribution >= 0.6 is 11.8 Å². The molecule has 4 heteroatoms. The maximum atomic E-state index is 11.8. The summed E-state index contributed by atoms with van der Waals surface area (Å²) >= 11 is 1.46. The lowest BCUT2D eigenvalue weighted by Gasteiger charge is -2.13. The highest BCUT2D eigenvalue weighted by Gasteiger charge is 2.10. The summed E-state index contributed by atoms with van der Waals surface area (Å²) in [5, 5.41) is 11.9. The predicted molar refractivity (Wildman–Crippen MR) is 78.3 cm³/mol. The van der Waals surface area contributed by atoms with Crippen molar-refractivity contribution < 1.29 is 9.90 Å². The first-order valence-electron chi connectivity index (χ1n) is 6.04. The van der Waals surface area contributed by atoms with Gasteiger partial charge in [0.1, 0.15) is 0 Å². The summed E-state index contributed by atoms with van der Waals surface area (Å²) in [4.78, 5) is 11.8. The van der Waals surface area contributed by atoms with Gasteiger partial charge in [-0.25, -0.2) is 0 Å². The predicted octanol–water partition coefficient (Wildman–Crippen LogP) is 2.66. The zero-order chi connectivity index (χ0) is 13.7. The molecule has 0 heterocycles. The van der Waals surface area contributed by atoms with Crippen LogP contribution in [-0.2, 0) is 4.79 Å². The molecule has 18 heavy (non-hydrogen) atoms. The minimum absolute atomic E-state index is 0.0182. The number of benzene rings is 1. The van der Waals surface area contributed by atoms with Crippen molar-refractivity contribution in [2.45, 2.75) is 32.9 Å². The Kier molecular flexibility index (Phi) is 5.69. The van der Waals surface area contributed by atoms with E-state index in [1.165, 1.54) is 17.3 Å². The molecule has 0 bridgehead atoms. The number of hydrogen-bond acceptors (Lipinski definition) is 3. The Labute approximate surface area is 113 Å². The standard InChI is InChI=1S/C14H21NO2S/c1-9-5-10(2)14(11(3)6-9)15-13(17)8-18-12(4)7-16/h5-6,12,16H,7-8H2,1-4H3,(H,15,17). The zero-order valence-electron chi connectivity index (χ0n) is 11.4. The van der Waals surface area contributed by atoms with E-state index in [4.69, 9.17) is 5.11 Å². The van der Waals surface area contributed by atoms with Gasteiger partial charge >= 0.3 is 0 Å². The fraction of sp³-hybridized carbons (Fsp3) is 0.500. The third kappa shape index (κ3) is 4.35. The normalized spacial score (nSPS) is 12.3. The summed E-state index contributed by atoms with van der Waals surface area (Å²) in [6.45, 7) is 8.05. The molecule has 0 aliphatic carbocycles. The summed E-state index contributed by atoms with van der Waals surface area (Å²) < 4.78 is 0. The van der Waals surface area contributed by atoms with Crippen molar-refractivity contribution in [3.05, 3.63) is 28.8 Å². The molecule has 100 valence electrons. The molecule has 1 atom stereocenters. The fourth-order valence-corrected chi connectivity index (χ4v) is 2.44. The minimum Gasteiger partial charge on any atom is -0.395 e. The Hall–Kier alpha value is -1.00. The third-order valence-corrected chi connectivity index (χ3v) is 3.84. The van der Waals surface area contributed by atoms with E-state index in [2.05, 4.69) is 17.4 Å². The van der Waals surface area contributed by atoms with Gasteiger partial charge in [0.25, 0.3) is 0 Å². The largest absolute Gasteiger partial charge is 0.395 e. The smallest absolute Gasteiger partial charge is 0.234 e. The molecular weight excluding hydrogens is 246 g/mol. The van der Waals surface area contributed by atoms with Crippen LogP contribution in [-0.4, -0.2) is 28.6 Å². The Balaban J connectivity index is 2.65. The molecule has 0 spiro atoms. The number of aryl methyl sites for hydroxylation is 3. The molecule has 0 aromatic heterocycles. The van der Waals surface area contributed by atoms with Crippen molar-refractivity contribution in [2.24, 2.45) is 0 Å². The van der Waals surface area contributed by atoms with Gasteiger partial charge in [0, 0.05) is 10.9 Å². The summed E-state index contributed by atoms with van der Waals surface area (Å²) in [6, 6.07) is 4.12. The molecule has 0 aliphatic heterocycles. The third-order valence-electron chi connectivity index (χ3n) is 2.70. The van der Waals surface area contributed by atoms with Crippen LogP contribution in [0.15, 0.2) is 12.1 Å². The molecule has 0 radical (unpaired) electrons. The number of carbonyl (C=O) groups is 1. The van der Waals surface area contributed by atoms with E-state index in [0.717, 1.165) is 16.8 Å². The molecule has 0 saturated carbocycles. The van der Waals surface area contributed by atoms with Crippen LogP contribution < -0.4 is 5.32 Å². The summed E-state index contributed by atoms with van der Waals surface area (Å²) in [5.41, 5.74) is 4.27. The molecular formula is C14H21NO2S. The van der Waals surface area contributed by atoms with Crippen LogP contribution in [0.1, 0.15) is 23.6 Å². The number of carbonyl (C=O) groups excluding carboxylic acids is 1. The molecule has 0 aliphatic rings. The summed E-state index contributed by atoms with van der Waals surface area (Å²) in [7, 11) is 0. The van der Waals surface area contributed by atoms with Crippen LogP contribution in [0.4, 0.5) is 5.69 Å². The van der Waals surface area contributed by atoms with Crippen molar-refractivity contribution in [1.29, 1.82) is 0 Å². The second-order valence-electron chi connectivity index (χ2n) is 4.63. The van der Waals surface area contributed by atoms with Crippen molar-refractivity contribution in [2.75, 3.05) is 17.7 Å². The average molecular weight is 267 g/mol. The van der Waals surface area contributed by atoms with Gasteiger partial charge in [-0.05, 0) is 31.9 Å². The van der Waals surface area contributed by atoms with E-state index in [-0.39, 0.29) is 17.8 Å². The van der Waals surface area contributed by atoms with Gasteiger partial charge in [-0.15, -0.1) is 11.8 Å². The molecule has 1 amide bonds. The lowest BCUT2D eigenvalue weighted by molar-refractivity contribution is -0.113. The molecule has 3 nitrogen and oxygen atoms in total.